The second kappa shape index (κ2) is 9.61. The van der Waals surface area contributed by atoms with Crippen LogP contribution in [0.3, 0.4) is 0 Å². The van der Waals surface area contributed by atoms with Crippen LogP contribution >= 0.6 is 0 Å². The number of imide groups is 1. The minimum atomic E-state index is -1.20. The Kier molecular flexibility index (Phi) is 6.35. The number of benzene rings is 3. The lowest BCUT2D eigenvalue weighted by molar-refractivity contribution is -0.141. The summed E-state index contributed by atoms with van der Waals surface area (Å²) in [6.45, 7) is 0.614. The van der Waals surface area contributed by atoms with Gasteiger partial charge in [-0.2, -0.15) is 0 Å². The molecule has 184 valence electrons. The first-order valence-electron chi connectivity index (χ1n) is 12.3. The van der Waals surface area contributed by atoms with E-state index in [1.54, 1.807) is 7.11 Å². The number of nitrogens with zero attached hydrogens (tertiary/aromatic N) is 2. The second-order valence-corrected chi connectivity index (χ2v) is 9.62. The fourth-order valence-corrected chi connectivity index (χ4v) is 5.65. The number of amides is 3. The number of carbonyl (C=O) groups is 3. The van der Waals surface area contributed by atoms with Gasteiger partial charge in [0.25, 0.3) is 0 Å². The van der Waals surface area contributed by atoms with Gasteiger partial charge in [0.05, 0.1) is 18.6 Å². The molecule has 2 unspecified atom stereocenters. The molecular formula is C30H30N2O4. The van der Waals surface area contributed by atoms with E-state index in [1.165, 1.54) is 11.9 Å². The van der Waals surface area contributed by atoms with Crippen molar-refractivity contribution in [2.45, 2.75) is 37.1 Å². The summed E-state index contributed by atoms with van der Waals surface area (Å²) in [6.07, 6.45) is 1.65. The van der Waals surface area contributed by atoms with Crippen LogP contribution in [0.15, 0.2) is 78.9 Å². The second-order valence-electron chi connectivity index (χ2n) is 9.62. The molecule has 2 heterocycles. The Balaban J connectivity index is 1.47. The highest BCUT2D eigenvalue weighted by Gasteiger charge is 2.53. The molecule has 0 bridgehead atoms. The molecule has 0 aromatic heterocycles. The predicted molar refractivity (Wildman–Crippen MR) is 137 cm³/mol. The highest BCUT2D eigenvalue weighted by Crippen LogP contribution is 2.43. The molecule has 2 atom stereocenters. The minimum Gasteiger partial charge on any atom is -0.496 e. The number of carbonyl (C=O) groups excluding carboxylic acids is 3. The van der Waals surface area contributed by atoms with Crippen molar-refractivity contribution in [3.63, 3.8) is 0 Å². The van der Waals surface area contributed by atoms with Crippen molar-refractivity contribution in [1.29, 1.82) is 0 Å². The third-order valence-electron chi connectivity index (χ3n) is 7.61. The molecule has 3 aromatic carbocycles. The van der Waals surface area contributed by atoms with Gasteiger partial charge in [-0.25, -0.2) is 0 Å². The standard InChI is InChI=1S/C30H30N2O4/c1-31-27(33)19-30(29(31)35,23-16-14-22(15-17-23)21-9-4-3-5-10-21)20-28(34)32-18-8-12-25(32)24-11-6-7-13-26(24)36-2/h3-7,9-11,13-17,25H,8,12,18-20H2,1-2H3. The van der Waals surface area contributed by atoms with Crippen molar-refractivity contribution in [2.75, 3.05) is 20.7 Å². The van der Waals surface area contributed by atoms with Crippen LogP contribution in [-0.4, -0.2) is 48.2 Å². The summed E-state index contributed by atoms with van der Waals surface area (Å²) in [6, 6.07) is 25.3. The highest BCUT2D eigenvalue weighted by atomic mass is 16.5. The molecule has 3 aromatic rings. The fourth-order valence-electron chi connectivity index (χ4n) is 5.65. The van der Waals surface area contributed by atoms with Gasteiger partial charge in [0.15, 0.2) is 0 Å². The molecule has 0 aliphatic carbocycles. The average Bonchev–Trinajstić information content (AvgIpc) is 3.49. The summed E-state index contributed by atoms with van der Waals surface area (Å²) in [5.41, 5.74) is 2.55. The Morgan fingerprint density at radius 2 is 1.61 bits per heavy atom. The van der Waals surface area contributed by atoms with E-state index in [2.05, 4.69) is 0 Å². The third-order valence-corrected chi connectivity index (χ3v) is 7.61. The highest BCUT2D eigenvalue weighted by molar-refractivity contribution is 6.10. The molecule has 6 heteroatoms. The average molecular weight is 483 g/mol. The first kappa shape index (κ1) is 23.8. The molecule has 2 aliphatic rings. The SMILES string of the molecule is COc1ccccc1C1CCCN1C(=O)CC1(c2ccc(-c3ccccc3)cc2)CC(=O)N(C)C1=O. The first-order chi connectivity index (χ1) is 17.4. The van der Waals surface area contributed by atoms with Crippen molar-refractivity contribution in [3.05, 3.63) is 90.0 Å². The molecule has 0 spiro atoms. The van der Waals surface area contributed by atoms with Gasteiger partial charge < -0.3 is 9.64 Å². The Labute approximate surface area is 211 Å². The van der Waals surface area contributed by atoms with E-state index in [-0.39, 0.29) is 36.6 Å². The van der Waals surface area contributed by atoms with Gasteiger partial charge in [-0.05, 0) is 35.6 Å². The van der Waals surface area contributed by atoms with Crippen molar-refractivity contribution in [2.24, 2.45) is 0 Å². The summed E-state index contributed by atoms with van der Waals surface area (Å²) >= 11 is 0. The molecule has 0 N–H and O–H groups in total. The Morgan fingerprint density at radius 1 is 0.944 bits per heavy atom. The van der Waals surface area contributed by atoms with Crippen LogP contribution in [0, 0.1) is 0 Å². The third kappa shape index (κ3) is 4.06. The Morgan fingerprint density at radius 3 is 2.28 bits per heavy atom. The quantitative estimate of drug-likeness (QED) is 0.476. The number of hydrogen-bond acceptors (Lipinski definition) is 4. The van der Waals surface area contributed by atoms with Gasteiger partial charge in [0.1, 0.15) is 5.75 Å². The topological polar surface area (TPSA) is 66.9 Å². The van der Waals surface area contributed by atoms with E-state index in [1.807, 2.05) is 83.8 Å². The van der Waals surface area contributed by atoms with Crippen LogP contribution in [0.5, 0.6) is 5.75 Å². The number of hydrogen-bond donors (Lipinski definition) is 0. The van der Waals surface area contributed by atoms with Gasteiger partial charge >= 0.3 is 0 Å². The van der Waals surface area contributed by atoms with Crippen molar-refractivity contribution >= 4 is 17.7 Å². The Bertz CT molecular complexity index is 1290. The van der Waals surface area contributed by atoms with Crippen molar-refractivity contribution < 1.29 is 19.1 Å². The molecule has 2 fully saturated rings. The summed E-state index contributed by atoms with van der Waals surface area (Å²) in [4.78, 5) is 43.0. The van der Waals surface area contributed by atoms with Crippen LogP contribution in [-0.2, 0) is 19.8 Å². The van der Waals surface area contributed by atoms with Crippen LogP contribution < -0.4 is 4.74 Å². The lowest BCUT2D eigenvalue weighted by Crippen LogP contribution is -2.42. The van der Waals surface area contributed by atoms with Crippen LogP contribution in [0.4, 0.5) is 0 Å². The number of para-hydroxylation sites is 1. The number of rotatable bonds is 6. The van der Waals surface area contributed by atoms with E-state index in [0.717, 1.165) is 35.3 Å². The fraction of sp³-hybridized carbons (Fsp3) is 0.300. The number of likely N-dealkylation sites (N-methyl/N-ethyl adjacent to an activating group) is 1. The van der Waals surface area contributed by atoms with E-state index in [4.69, 9.17) is 4.74 Å². The lowest BCUT2D eigenvalue weighted by Gasteiger charge is -2.32. The normalized spacial score (nSPS) is 21.8. The molecule has 2 saturated heterocycles. The van der Waals surface area contributed by atoms with Crippen molar-refractivity contribution in [1.82, 2.24) is 9.80 Å². The first-order valence-corrected chi connectivity index (χ1v) is 12.3. The predicted octanol–water partition coefficient (Wildman–Crippen LogP) is 4.74. The number of methoxy groups -OCH3 is 1. The van der Waals surface area contributed by atoms with Gasteiger partial charge in [-0.1, -0.05) is 72.8 Å². The van der Waals surface area contributed by atoms with E-state index in [0.29, 0.717) is 12.1 Å². The summed E-state index contributed by atoms with van der Waals surface area (Å²) in [5, 5.41) is 0. The smallest absolute Gasteiger partial charge is 0.240 e. The van der Waals surface area contributed by atoms with Gasteiger partial charge in [0.2, 0.25) is 17.7 Å². The maximum absolute atomic E-state index is 13.8. The zero-order valence-corrected chi connectivity index (χ0v) is 20.6. The lowest BCUT2D eigenvalue weighted by atomic mass is 9.75. The molecule has 5 rings (SSSR count). The van der Waals surface area contributed by atoms with Crippen molar-refractivity contribution in [3.8, 4) is 16.9 Å². The van der Waals surface area contributed by atoms with E-state index in [9.17, 15) is 14.4 Å². The van der Waals surface area contributed by atoms with Crippen LogP contribution in [0.2, 0.25) is 0 Å². The van der Waals surface area contributed by atoms with Gasteiger partial charge in [-0.15, -0.1) is 0 Å². The monoisotopic (exact) mass is 482 g/mol. The summed E-state index contributed by atoms with van der Waals surface area (Å²) in [7, 11) is 3.13. The number of ether oxygens (including phenoxy) is 1. The van der Waals surface area contributed by atoms with E-state index >= 15 is 0 Å². The molecule has 0 radical (unpaired) electrons. The summed E-state index contributed by atoms with van der Waals surface area (Å²) in [5.74, 6) is 0.0521. The van der Waals surface area contributed by atoms with Crippen LogP contribution in [0.1, 0.15) is 42.9 Å². The van der Waals surface area contributed by atoms with E-state index < -0.39 is 5.41 Å². The maximum atomic E-state index is 13.8. The molecule has 0 saturated carbocycles. The zero-order chi connectivity index (χ0) is 25.3. The van der Waals surface area contributed by atoms with Gasteiger partial charge in [0, 0.05) is 32.0 Å². The maximum Gasteiger partial charge on any atom is 0.240 e. The molecule has 36 heavy (non-hydrogen) atoms. The molecular weight excluding hydrogens is 452 g/mol. The van der Waals surface area contributed by atoms with Crippen LogP contribution in [0.25, 0.3) is 11.1 Å². The molecule has 3 amide bonds. The number of likely N-dealkylation sites (tertiary alicyclic amines) is 2. The molecule has 2 aliphatic heterocycles. The minimum absolute atomic E-state index is 0.00801. The summed E-state index contributed by atoms with van der Waals surface area (Å²) < 4.78 is 5.56. The zero-order valence-electron chi connectivity index (χ0n) is 20.6. The largest absolute Gasteiger partial charge is 0.496 e. The van der Waals surface area contributed by atoms with Gasteiger partial charge in [-0.3, -0.25) is 19.3 Å². The Hall–Kier alpha value is -3.93. The molecule has 6 nitrogen and oxygen atoms in total.